The highest BCUT2D eigenvalue weighted by Crippen LogP contribution is 2.32. The molecule has 1 heterocycles. The van der Waals surface area contributed by atoms with Gasteiger partial charge in [-0.25, -0.2) is 4.79 Å². The normalized spacial score (nSPS) is 11.8. The van der Waals surface area contributed by atoms with Crippen molar-refractivity contribution in [3.63, 3.8) is 0 Å². The summed E-state index contributed by atoms with van der Waals surface area (Å²) in [5.74, 6) is -0.614. The number of oxime groups is 1. The van der Waals surface area contributed by atoms with Crippen LogP contribution < -0.4 is 0 Å². The van der Waals surface area contributed by atoms with Gasteiger partial charge in [0.1, 0.15) is 12.3 Å². The summed E-state index contributed by atoms with van der Waals surface area (Å²) in [4.78, 5) is 42.1. The molecule has 0 spiro atoms. The molecule has 0 aliphatic carbocycles. The molecule has 1 aromatic heterocycles. The molecule has 0 saturated carbocycles. The number of aromatic nitrogens is 1. The lowest BCUT2D eigenvalue weighted by Gasteiger charge is -2.11. The van der Waals surface area contributed by atoms with Crippen molar-refractivity contribution < 1.29 is 24.0 Å². The van der Waals surface area contributed by atoms with Gasteiger partial charge in [0.25, 0.3) is 0 Å². The van der Waals surface area contributed by atoms with Crippen LogP contribution in [0.5, 0.6) is 0 Å². The molecule has 6 aromatic rings. The number of benzene rings is 5. The number of hydrogen-bond acceptors (Lipinski definition) is 6. The van der Waals surface area contributed by atoms with Crippen LogP contribution in [0.4, 0.5) is 0 Å². The zero-order chi connectivity index (χ0) is 31.5. The van der Waals surface area contributed by atoms with Crippen LogP contribution in [0, 0.1) is 6.92 Å². The molecule has 0 aliphatic heterocycles. The van der Waals surface area contributed by atoms with Gasteiger partial charge in [-0.1, -0.05) is 71.9 Å². The highest BCUT2D eigenvalue weighted by molar-refractivity contribution is 6.19. The predicted molar refractivity (Wildman–Crippen MR) is 177 cm³/mol. The van der Waals surface area contributed by atoms with Crippen molar-refractivity contribution in [2.75, 3.05) is 13.2 Å². The van der Waals surface area contributed by atoms with Crippen molar-refractivity contribution in [1.82, 2.24) is 4.57 Å². The number of hydrogen-bond donors (Lipinski definition) is 0. The van der Waals surface area contributed by atoms with Gasteiger partial charge < -0.3 is 14.1 Å². The Hall–Kier alpha value is -5.40. The summed E-state index contributed by atoms with van der Waals surface area (Å²) in [6.45, 7) is 5.71. The van der Waals surface area contributed by atoms with Crippen LogP contribution in [0.1, 0.15) is 46.5 Å². The van der Waals surface area contributed by atoms with E-state index in [0.29, 0.717) is 30.0 Å². The Labute approximate surface area is 260 Å². The van der Waals surface area contributed by atoms with E-state index >= 15 is 0 Å². The van der Waals surface area contributed by atoms with E-state index in [1.807, 2.05) is 110 Å². The Morgan fingerprint density at radius 1 is 0.711 bits per heavy atom. The van der Waals surface area contributed by atoms with Crippen LogP contribution in [0.15, 0.2) is 108 Å². The minimum absolute atomic E-state index is 0.0329. The standard InChI is InChI=1S/C38H32N2O5/c1-24-8-4-7-11-32(24)37(39-45-26(3)42)29-14-16-35-33(21-29)34-22-31(15-17-36(34)40(35)18-19-44-23-25(2)41)38(43)30-13-12-27-9-5-6-10-28(27)20-30/h4-17,20-22H,18-19,23H2,1-3H3/b39-37-. The molecule has 0 amide bonds. The van der Waals surface area contributed by atoms with Crippen LogP contribution in [0.25, 0.3) is 32.6 Å². The van der Waals surface area contributed by atoms with E-state index < -0.39 is 5.97 Å². The number of fused-ring (bicyclic) bond motifs is 4. The first-order chi connectivity index (χ1) is 21.8. The lowest BCUT2D eigenvalue weighted by Crippen LogP contribution is -2.10. The molecule has 0 N–H and O–H groups in total. The molecule has 0 bridgehead atoms. The maximum absolute atomic E-state index is 13.8. The van der Waals surface area contributed by atoms with Gasteiger partial charge in [-0.3, -0.25) is 9.59 Å². The van der Waals surface area contributed by atoms with E-state index in [1.54, 1.807) is 0 Å². The number of carbonyl (C=O) groups is 3. The quantitative estimate of drug-likeness (QED) is 0.0540. The summed E-state index contributed by atoms with van der Waals surface area (Å²) in [5.41, 5.74) is 6.16. The average molecular weight is 597 g/mol. The lowest BCUT2D eigenvalue weighted by molar-refractivity contribution is -0.140. The highest BCUT2D eigenvalue weighted by Gasteiger charge is 2.18. The molecule has 0 fully saturated rings. The molecule has 0 atom stereocenters. The fourth-order valence-corrected chi connectivity index (χ4v) is 5.71. The van der Waals surface area contributed by atoms with Gasteiger partial charge >= 0.3 is 5.97 Å². The Morgan fingerprint density at radius 2 is 1.33 bits per heavy atom. The van der Waals surface area contributed by atoms with Crippen molar-refractivity contribution in [2.45, 2.75) is 27.3 Å². The maximum Gasteiger partial charge on any atom is 0.332 e. The first-order valence-electron chi connectivity index (χ1n) is 14.8. The minimum atomic E-state index is -0.513. The summed E-state index contributed by atoms with van der Waals surface area (Å²) in [5, 5.41) is 8.14. The molecule has 5 aromatic carbocycles. The monoisotopic (exact) mass is 596 g/mol. The van der Waals surface area contributed by atoms with Crippen molar-refractivity contribution in [3.05, 3.63) is 131 Å². The van der Waals surface area contributed by atoms with Gasteiger partial charge in [0.2, 0.25) is 0 Å². The zero-order valence-corrected chi connectivity index (χ0v) is 25.4. The van der Waals surface area contributed by atoms with Crippen LogP contribution in [0.2, 0.25) is 0 Å². The molecule has 224 valence electrons. The Bertz CT molecular complexity index is 2140. The van der Waals surface area contributed by atoms with Crippen LogP contribution in [0.3, 0.4) is 0 Å². The van der Waals surface area contributed by atoms with E-state index in [4.69, 9.17) is 9.57 Å². The Balaban J connectivity index is 1.49. The van der Waals surface area contributed by atoms with E-state index in [0.717, 1.165) is 49.3 Å². The van der Waals surface area contributed by atoms with Crippen LogP contribution in [-0.2, 0) is 25.7 Å². The van der Waals surface area contributed by atoms with Gasteiger partial charge in [0, 0.05) is 57.5 Å². The number of carbonyl (C=O) groups excluding carboxylic acids is 3. The molecule has 0 radical (unpaired) electrons. The third kappa shape index (κ3) is 6.16. The second kappa shape index (κ2) is 12.7. The van der Waals surface area contributed by atoms with E-state index in [1.165, 1.54) is 13.8 Å². The number of ether oxygens (including phenoxy) is 1. The van der Waals surface area contributed by atoms with Gasteiger partial charge in [-0.05, 0) is 66.6 Å². The smallest absolute Gasteiger partial charge is 0.332 e. The van der Waals surface area contributed by atoms with Crippen molar-refractivity contribution in [2.24, 2.45) is 5.16 Å². The number of aryl methyl sites for hydroxylation is 1. The first kappa shape index (κ1) is 29.7. The third-order valence-electron chi connectivity index (χ3n) is 7.84. The summed E-state index contributed by atoms with van der Waals surface area (Å²) in [6.07, 6.45) is 0. The second-order valence-electron chi connectivity index (χ2n) is 11.1. The summed E-state index contributed by atoms with van der Waals surface area (Å²) >= 11 is 0. The topological polar surface area (TPSA) is 87.0 Å². The molecule has 7 nitrogen and oxygen atoms in total. The maximum atomic E-state index is 13.8. The Kier molecular flexibility index (Phi) is 8.36. The van der Waals surface area contributed by atoms with Crippen LogP contribution in [-0.4, -0.2) is 41.0 Å². The fraction of sp³-hybridized carbons (Fsp3) is 0.158. The molecule has 0 aliphatic rings. The average Bonchev–Trinajstić information content (AvgIpc) is 3.35. The molecule has 6 rings (SSSR count). The molecule has 0 saturated heterocycles. The summed E-state index contributed by atoms with van der Waals surface area (Å²) in [7, 11) is 0. The SMILES string of the molecule is CC(=O)COCCn1c2ccc(C(=O)c3ccc4ccccc4c3)cc2c2cc(/C(=N/OC(C)=O)c3ccccc3C)ccc21. The number of ketones is 2. The second-order valence-corrected chi connectivity index (χ2v) is 11.1. The molecule has 45 heavy (non-hydrogen) atoms. The van der Waals surface area contributed by atoms with Gasteiger partial charge in [0.15, 0.2) is 11.6 Å². The van der Waals surface area contributed by atoms with Crippen LogP contribution >= 0.6 is 0 Å². The largest absolute Gasteiger partial charge is 0.372 e. The molecule has 7 heteroatoms. The van der Waals surface area contributed by atoms with Gasteiger partial charge in [0.05, 0.1) is 6.61 Å². The number of rotatable bonds is 10. The first-order valence-corrected chi connectivity index (χ1v) is 14.8. The molecule has 0 unspecified atom stereocenters. The van der Waals surface area contributed by atoms with Gasteiger partial charge in [-0.2, -0.15) is 0 Å². The lowest BCUT2D eigenvalue weighted by atomic mass is 9.96. The van der Waals surface area contributed by atoms with E-state index in [2.05, 4.69) is 9.72 Å². The Morgan fingerprint density at radius 3 is 2.04 bits per heavy atom. The number of nitrogens with zero attached hydrogens (tertiary/aromatic N) is 2. The van der Waals surface area contributed by atoms with E-state index in [9.17, 15) is 14.4 Å². The zero-order valence-electron chi connectivity index (χ0n) is 25.4. The number of Topliss-reactive ketones (excluding diaryl/α,β-unsaturated/α-hetero) is 1. The fourth-order valence-electron chi connectivity index (χ4n) is 5.71. The highest BCUT2D eigenvalue weighted by atomic mass is 16.7. The predicted octanol–water partition coefficient (Wildman–Crippen LogP) is 7.41. The van der Waals surface area contributed by atoms with Crippen molar-refractivity contribution >= 4 is 55.8 Å². The van der Waals surface area contributed by atoms with Crippen molar-refractivity contribution in [1.29, 1.82) is 0 Å². The molecular formula is C38H32N2O5. The van der Waals surface area contributed by atoms with Crippen molar-refractivity contribution in [3.8, 4) is 0 Å². The third-order valence-corrected chi connectivity index (χ3v) is 7.84. The van der Waals surface area contributed by atoms with E-state index in [-0.39, 0.29) is 18.2 Å². The summed E-state index contributed by atoms with van der Waals surface area (Å²) < 4.78 is 7.75. The van der Waals surface area contributed by atoms with Gasteiger partial charge in [-0.15, -0.1) is 0 Å². The minimum Gasteiger partial charge on any atom is -0.372 e. The summed E-state index contributed by atoms with van der Waals surface area (Å²) in [6, 6.07) is 33.2. The molecular weight excluding hydrogens is 564 g/mol.